The van der Waals surface area contributed by atoms with E-state index >= 15 is 0 Å². The van der Waals surface area contributed by atoms with E-state index in [2.05, 4.69) is 28.1 Å². The van der Waals surface area contributed by atoms with Crippen LogP contribution in [-0.4, -0.2) is 18.1 Å². The van der Waals surface area contributed by atoms with E-state index in [1.165, 1.54) is 18.4 Å². The normalized spacial score (nSPS) is 13.5. The zero-order chi connectivity index (χ0) is 14.7. The summed E-state index contributed by atoms with van der Waals surface area (Å²) in [5.74, 6) is 1.74. The summed E-state index contributed by atoms with van der Waals surface area (Å²) in [4.78, 5) is 6.70. The molecule has 1 aliphatic carbocycles. The molecule has 1 aromatic carbocycles. The third-order valence-electron chi connectivity index (χ3n) is 3.64. The molecule has 0 atom stereocenters. The number of rotatable bonds is 5. The molecule has 1 fully saturated rings. The molecule has 4 nitrogen and oxygen atoms in total. The molecule has 2 aromatic rings. The van der Waals surface area contributed by atoms with E-state index < -0.39 is 0 Å². The monoisotopic (exact) mass is 279 g/mol. The third-order valence-corrected chi connectivity index (χ3v) is 3.64. The Morgan fingerprint density at radius 1 is 1.24 bits per heavy atom. The van der Waals surface area contributed by atoms with E-state index in [9.17, 15) is 0 Å². The van der Waals surface area contributed by atoms with E-state index in [0.717, 1.165) is 18.1 Å². The van der Waals surface area contributed by atoms with Crippen molar-refractivity contribution in [2.75, 3.05) is 12.0 Å². The number of hydrogen-bond donors (Lipinski definition) is 0. The Hall–Kier alpha value is -2.54. The molecule has 0 N–H and O–H groups in total. The maximum Gasteiger partial charge on any atom is 0.142 e. The standard InChI is InChI=1S/C17H17N3O/c1-21-16-9-5-13(6-10-16)12-20(15-7-8-15)17-4-2-3-14(11-18)19-17/h2-6,9-10,15H,7-8,12H2,1H3. The molecule has 106 valence electrons. The van der Waals surface area contributed by atoms with Crippen LogP contribution in [0, 0.1) is 11.3 Å². The van der Waals surface area contributed by atoms with Gasteiger partial charge in [0.15, 0.2) is 0 Å². The molecule has 0 aliphatic heterocycles. The van der Waals surface area contributed by atoms with Crippen molar-refractivity contribution >= 4 is 5.82 Å². The molecular formula is C17H17N3O. The van der Waals surface area contributed by atoms with Gasteiger partial charge < -0.3 is 9.64 Å². The van der Waals surface area contributed by atoms with Crippen molar-refractivity contribution < 1.29 is 4.74 Å². The Balaban J connectivity index is 1.82. The lowest BCUT2D eigenvalue weighted by Crippen LogP contribution is -2.26. The van der Waals surface area contributed by atoms with Gasteiger partial charge in [-0.15, -0.1) is 0 Å². The van der Waals surface area contributed by atoms with Crippen molar-refractivity contribution in [3.8, 4) is 11.8 Å². The van der Waals surface area contributed by atoms with Crippen molar-refractivity contribution in [1.82, 2.24) is 4.98 Å². The SMILES string of the molecule is COc1ccc(CN(c2cccc(C#N)n2)C2CC2)cc1. The minimum Gasteiger partial charge on any atom is -0.497 e. The smallest absolute Gasteiger partial charge is 0.142 e. The predicted molar refractivity (Wildman–Crippen MR) is 81.2 cm³/mol. The van der Waals surface area contributed by atoms with Gasteiger partial charge in [-0.3, -0.25) is 0 Å². The highest BCUT2D eigenvalue weighted by molar-refractivity contribution is 5.45. The summed E-state index contributed by atoms with van der Waals surface area (Å²) < 4.78 is 5.19. The summed E-state index contributed by atoms with van der Waals surface area (Å²) in [6.45, 7) is 0.802. The minimum absolute atomic E-state index is 0.466. The zero-order valence-corrected chi connectivity index (χ0v) is 12.0. The van der Waals surface area contributed by atoms with Gasteiger partial charge in [0.05, 0.1) is 7.11 Å². The summed E-state index contributed by atoms with van der Waals surface area (Å²) in [7, 11) is 1.67. The first-order valence-corrected chi connectivity index (χ1v) is 7.07. The first-order chi connectivity index (χ1) is 10.3. The van der Waals surface area contributed by atoms with E-state index in [4.69, 9.17) is 10.00 Å². The van der Waals surface area contributed by atoms with Crippen molar-refractivity contribution in [1.29, 1.82) is 5.26 Å². The lowest BCUT2D eigenvalue weighted by Gasteiger charge is -2.23. The van der Waals surface area contributed by atoms with E-state index in [-0.39, 0.29) is 0 Å². The summed E-state index contributed by atoms with van der Waals surface area (Å²) in [5.41, 5.74) is 1.68. The van der Waals surface area contributed by atoms with Crippen LogP contribution >= 0.6 is 0 Å². The molecule has 3 rings (SSSR count). The van der Waals surface area contributed by atoms with Crippen LogP contribution in [0.5, 0.6) is 5.75 Å². The van der Waals surface area contributed by atoms with Crippen molar-refractivity contribution in [2.45, 2.75) is 25.4 Å². The van der Waals surface area contributed by atoms with Crippen LogP contribution in [0.4, 0.5) is 5.82 Å². The summed E-state index contributed by atoms with van der Waals surface area (Å²) in [6, 6.07) is 16.3. The first-order valence-electron chi connectivity index (χ1n) is 7.07. The number of anilines is 1. The summed E-state index contributed by atoms with van der Waals surface area (Å²) in [6.07, 6.45) is 2.38. The largest absolute Gasteiger partial charge is 0.497 e. The van der Waals surface area contributed by atoms with Crippen LogP contribution in [-0.2, 0) is 6.54 Å². The molecular weight excluding hydrogens is 262 g/mol. The Bertz CT molecular complexity index is 656. The van der Waals surface area contributed by atoms with Gasteiger partial charge in [-0.05, 0) is 42.7 Å². The number of nitriles is 1. The number of hydrogen-bond acceptors (Lipinski definition) is 4. The Morgan fingerprint density at radius 3 is 2.62 bits per heavy atom. The number of pyridine rings is 1. The molecule has 0 saturated heterocycles. The zero-order valence-electron chi connectivity index (χ0n) is 12.0. The average molecular weight is 279 g/mol. The third kappa shape index (κ3) is 3.14. The van der Waals surface area contributed by atoms with Gasteiger partial charge in [0, 0.05) is 12.6 Å². The molecule has 21 heavy (non-hydrogen) atoms. The Kier molecular flexibility index (Phi) is 3.74. The quantitative estimate of drug-likeness (QED) is 0.843. The molecule has 0 spiro atoms. The molecule has 0 amide bonds. The molecule has 0 bridgehead atoms. The van der Waals surface area contributed by atoms with Gasteiger partial charge >= 0.3 is 0 Å². The van der Waals surface area contributed by atoms with Crippen molar-refractivity contribution in [2.24, 2.45) is 0 Å². The second-order valence-corrected chi connectivity index (χ2v) is 5.20. The van der Waals surface area contributed by atoms with Crippen molar-refractivity contribution in [3.63, 3.8) is 0 Å². The van der Waals surface area contributed by atoms with Crippen LogP contribution in [0.15, 0.2) is 42.5 Å². The second kappa shape index (κ2) is 5.84. The van der Waals surface area contributed by atoms with Crippen LogP contribution in [0.3, 0.4) is 0 Å². The average Bonchev–Trinajstić information content (AvgIpc) is 3.38. The van der Waals surface area contributed by atoms with E-state index in [1.807, 2.05) is 24.3 Å². The topological polar surface area (TPSA) is 49.1 Å². The number of methoxy groups -OCH3 is 1. The fourth-order valence-corrected chi connectivity index (χ4v) is 2.36. The highest BCUT2D eigenvalue weighted by Crippen LogP contribution is 2.32. The van der Waals surface area contributed by atoms with Gasteiger partial charge in [0.2, 0.25) is 0 Å². The van der Waals surface area contributed by atoms with E-state index in [1.54, 1.807) is 13.2 Å². The molecule has 4 heteroatoms. The minimum atomic E-state index is 0.466. The van der Waals surface area contributed by atoms with Crippen LogP contribution in [0.25, 0.3) is 0 Å². The molecule has 0 radical (unpaired) electrons. The molecule has 1 saturated carbocycles. The first kappa shape index (κ1) is 13.4. The van der Waals surface area contributed by atoms with E-state index in [0.29, 0.717) is 11.7 Å². The van der Waals surface area contributed by atoms with Gasteiger partial charge in [0.25, 0.3) is 0 Å². The summed E-state index contributed by atoms with van der Waals surface area (Å²) in [5, 5.41) is 9.00. The van der Waals surface area contributed by atoms with Gasteiger partial charge in [0.1, 0.15) is 23.3 Å². The van der Waals surface area contributed by atoms with Gasteiger partial charge in [-0.25, -0.2) is 4.98 Å². The highest BCUT2D eigenvalue weighted by atomic mass is 16.5. The number of ether oxygens (including phenoxy) is 1. The number of nitrogens with zero attached hydrogens (tertiary/aromatic N) is 3. The molecule has 1 aliphatic rings. The van der Waals surface area contributed by atoms with Gasteiger partial charge in [-0.1, -0.05) is 18.2 Å². The fourth-order valence-electron chi connectivity index (χ4n) is 2.36. The number of benzene rings is 1. The second-order valence-electron chi connectivity index (χ2n) is 5.20. The molecule has 1 aromatic heterocycles. The fraction of sp³-hybridized carbons (Fsp3) is 0.294. The lowest BCUT2D eigenvalue weighted by atomic mass is 10.2. The number of aromatic nitrogens is 1. The van der Waals surface area contributed by atoms with Crippen LogP contribution in [0.2, 0.25) is 0 Å². The maximum absolute atomic E-state index is 9.00. The molecule has 0 unspecified atom stereocenters. The Morgan fingerprint density at radius 2 is 2.00 bits per heavy atom. The molecule has 1 heterocycles. The van der Waals surface area contributed by atoms with Crippen LogP contribution in [0.1, 0.15) is 24.1 Å². The highest BCUT2D eigenvalue weighted by Gasteiger charge is 2.30. The predicted octanol–water partition coefficient (Wildman–Crippen LogP) is 3.13. The van der Waals surface area contributed by atoms with Gasteiger partial charge in [-0.2, -0.15) is 5.26 Å². The lowest BCUT2D eigenvalue weighted by molar-refractivity contribution is 0.414. The Labute approximate surface area is 124 Å². The van der Waals surface area contributed by atoms with Crippen molar-refractivity contribution in [3.05, 3.63) is 53.7 Å². The maximum atomic E-state index is 9.00. The summed E-state index contributed by atoms with van der Waals surface area (Å²) >= 11 is 0. The van der Waals surface area contributed by atoms with Crippen LogP contribution < -0.4 is 9.64 Å².